The number of rotatable bonds is 3. The van der Waals surface area contributed by atoms with Crippen LogP contribution in [0, 0.1) is 6.92 Å². The van der Waals surface area contributed by atoms with Crippen molar-refractivity contribution in [3.05, 3.63) is 27.9 Å². The lowest BCUT2D eigenvalue weighted by atomic mass is 10.1. The minimum atomic E-state index is 0.251. The van der Waals surface area contributed by atoms with Crippen LogP contribution < -0.4 is 0 Å². The second-order valence-corrected chi connectivity index (χ2v) is 5.23. The van der Waals surface area contributed by atoms with Crippen LogP contribution in [0.3, 0.4) is 0 Å². The van der Waals surface area contributed by atoms with Crippen LogP contribution in [0.4, 0.5) is 0 Å². The van der Waals surface area contributed by atoms with Gasteiger partial charge in [0.05, 0.1) is 23.2 Å². The fourth-order valence-corrected chi connectivity index (χ4v) is 2.40. The van der Waals surface area contributed by atoms with Crippen molar-refractivity contribution in [3.63, 3.8) is 0 Å². The molecule has 0 aromatic carbocycles. The molecule has 0 radical (unpaired) electrons. The normalized spacial score (nSPS) is 19.9. The maximum absolute atomic E-state index is 5.58. The molecule has 1 aliphatic heterocycles. The molecule has 0 N–H and O–H groups in total. The predicted molar refractivity (Wildman–Crippen MR) is 68.3 cm³/mol. The fourth-order valence-electron chi connectivity index (χ4n) is 1.82. The van der Waals surface area contributed by atoms with Gasteiger partial charge in [-0.3, -0.25) is 0 Å². The van der Waals surface area contributed by atoms with E-state index >= 15 is 0 Å². The van der Waals surface area contributed by atoms with Gasteiger partial charge in [-0.25, -0.2) is 4.98 Å². The van der Waals surface area contributed by atoms with Crippen molar-refractivity contribution in [2.24, 2.45) is 0 Å². The molecule has 1 atom stereocenters. The van der Waals surface area contributed by atoms with Gasteiger partial charge < -0.3 is 9.15 Å². The summed E-state index contributed by atoms with van der Waals surface area (Å²) in [5, 5.41) is 11.1. The summed E-state index contributed by atoms with van der Waals surface area (Å²) in [6, 6.07) is 0. The lowest BCUT2D eigenvalue weighted by Crippen LogP contribution is -1.97. The number of aromatic nitrogens is 3. The van der Waals surface area contributed by atoms with E-state index in [1.807, 2.05) is 18.4 Å². The molecule has 2 aromatic heterocycles. The first-order valence-corrected chi connectivity index (χ1v) is 6.70. The lowest BCUT2D eigenvalue weighted by molar-refractivity contribution is 0.190. The minimum Gasteiger partial charge on any atom is -0.421 e. The molecule has 1 saturated heterocycles. The van der Waals surface area contributed by atoms with E-state index in [-0.39, 0.29) is 5.92 Å². The van der Waals surface area contributed by atoms with Gasteiger partial charge in [-0.15, -0.1) is 21.5 Å². The van der Waals surface area contributed by atoms with E-state index in [0.29, 0.717) is 18.4 Å². The first-order valence-electron chi connectivity index (χ1n) is 5.82. The molecule has 2 aromatic rings. The maximum atomic E-state index is 5.58. The van der Waals surface area contributed by atoms with Crippen LogP contribution in [0.2, 0.25) is 0 Å². The Morgan fingerprint density at radius 2 is 2.33 bits per heavy atom. The van der Waals surface area contributed by atoms with Crippen molar-refractivity contribution >= 4 is 23.5 Å². The molecular formula is C12H13N3O2S. The van der Waals surface area contributed by atoms with Gasteiger partial charge in [0.15, 0.2) is 0 Å². The summed E-state index contributed by atoms with van der Waals surface area (Å²) in [7, 11) is 0. The molecule has 6 heteroatoms. The van der Waals surface area contributed by atoms with E-state index in [1.54, 1.807) is 17.4 Å². The van der Waals surface area contributed by atoms with Gasteiger partial charge in [-0.05, 0) is 19.4 Å². The number of aryl methyl sites for hydroxylation is 1. The summed E-state index contributed by atoms with van der Waals surface area (Å²) < 4.78 is 10.9. The Kier molecular flexibility index (Phi) is 3.21. The number of nitrogens with zero attached hydrogens (tertiary/aromatic N) is 3. The third-order valence-electron chi connectivity index (χ3n) is 2.77. The Balaban J connectivity index is 1.71. The quantitative estimate of drug-likeness (QED) is 0.851. The number of ether oxygens (including phenoxy) is 1. The van der Waals surface area contributed by atoms with E-state index in [9.17, 15) is 0 Å². The average Bonchev–Trinajstić information content (AvgIpc) is 3.07. The summed E-state index contributed by atoms with van der Waals surface area (Å²) in [6.07, 6.45) is 4.63. The van der Waals surface area contributed by atoms with E-state index in [1.165, 1.54) is 0 Å². The molecule has 0 aliphatic carbocycles. The summed E-state index contributed by atoms with van der Waals surface area (Å²) in [6.45, 7) is 3.43. The first kappa shape index (κ1) is 11.6. The fraction of sp³-hybridized carbons (Fsp3) is 0.417. The Labute approximate surface area is 109 Å². The minimum absolute atomic E-state index is 0.251. The monoisotopic (exact) mass is 263 g/mol. The molecular weight excluding hydrogens is 250 g/mol. The molecule has 1 unspecified atom stereocenters. The molecule has 3 heterocycles. The molecule has 0 saturated carbocycles. The van der Waals surface area contributed by atoms with Crippen molar-refractivity contribution in [2.75, 3.05) is 13.2 Å². The lowest BCUT2D eigenvalue weighted by Gasteiger charge is -1.97. The molecule has 94 valence electrons. The van der Waals surface area contributed by atoms with E-state index in [2.05, 4.69) is 15.2 Å². The van der Waals surface area contributed by atoms with Crippen molar-refractivity contribution in [1.82, 2.24) is 15.2 Å². The maximum Gasteiger partial charge on any atom is 0.240 e. The Hall–Kier alpha value is -1.53. The highest BCUT2D eigenvalue weighted by Crippen LogP contribution is 2.24. The summed E-state index contributed by atoms with van der Waals surface area (Å²) >= 11 is 1.62. The van der Waals surface area contributed by atoms with Gasteiger partial charge in [0.1, 0.15) is 0 Å². The predicted octanol–water partition coefficient (Wildman–Crippen LogP) is 2.51. The van der Waals surface area contributed by atoms with Crippen molar-refractivity contribution < 1.29 is 9.15 Å². The largest absolute Gasteiger partial charge is 0.421 e. The van der Waals surface area contributed by atoms with Crippen LogP contribution in [-0.4, -0.2) is 28.4 Å². The molecule has 1 fully saturated rings. The van der Waals surface area contributed by atoms with Crippen molar-refractivity contribution in [1.29, 1.82) is 0 Å². The van der Waals surface area contributed by atoms with Gasteiger partial charge in [0.2, 0.25) is 11.8 Å². The topological polar surface area (TPSA) is 61.0 Å². The van der Waals surface area contributed by atoms with Gasteiger partial charge in [0, 0.05) is 18.1 Å². The van der Waals surface area contributed by atoms with Crippen LogP contribution >= 0.6 is 11.3 Å². The van der Waals surface area contributed by atoms with Crippen molar-refractivity contribution in [3.8, 4) is 0 Å². The second kappa shape index (κ2) is 4.99. The Bertz CT molecular complexity index is 555. The summed E-state index contributed by atoms with van der Waals surface area (Å²) in [5.74, 6) is 1.44. The Morgan fingerprint density at radius 3 is 3.06 bits per heavy atom. The highest BCUT2D eigenvalue weighted by atomic mass is 32.1. The zero-order valence-electron chi connectivity index (χ0n) is 10.00. The van der Waals surface area contributed by atoms with Crippen LogP contribution in [0.1, 0.15) is 34.8 Å². The smallest absolute Gasteiger partial charge is 0.240 e. The van der Waals surface area contributed by atoms with Crippen LogP contribution in [0.15, 0.2) is 9.80 Å². The average molecular weight is 263 g/mol. The second-order valence-electron chi connectivity index (χ2n) is 4.16. The standard InChI is InChI=1S/C12H13N3O2S/c1-8-13-10(7-18-8)2-3-11-14-15-12(17-11)9-4-5-16-6-9/h2-3,7,9H,4-6H2,1H3/b3-2+. The molecule has 3 rings (SSSR count). The molecule has 0 bridgehead atoms. The van der Waals surface area contributed by atoms with Crippen molar-refractivity contribution in [2.45, 2.75) is 19.3 Å². The highest BCUT2D eigenvalue weighted by molar-refractivity contribution is 7.09. The van der Waals surface area contributed by atoms with E-state index in [0.717, 1.165) is 23.7 Å². The van der Waals surface area contributed by atoms with Gasteiger partial charge in [-0.2, -0.15) is 0 Å². The van der Waals surface area contributed by atoms with E-state index < -0.39 is 0 Å². The third-order valence-corrected chi connectivity index (χ3v) is 3.56. The van der Waals surface area contributed by atoms with Crippen LogP contribution in [-0.2, 0) is 4.74 Å². The first-order chi connectivity index (χ1) is 8.81. The SMILES string of the molecule is Cc1nc(/C=C/c2nnc(C3CCOC3)o2)cs1. The molecule has 1 aliphatic rings. The summed E-state index contributed by atoms with van der Waals surface area (Å²) in [4.78, 5) is 4.33. The molecule has 5 nitrogen and oxygen atoms in total. The summed E-state index contributed by atoms with van der Waals surface area (Å²) in [5.41, 5.74) is 0.918. The van der Waals surface area contributed by atoms with Crippen LogP contribution in [0.25, 0.3) is 12.2 Å². The Morgan fingerprint density at radius 1 is 1.39 bits per heavy atom. The third kappa shape index (κ3) is 2.49. The van der Waals surface area contributed by atoms with Gasteiger partial charge in [0.25, 0.3) is 0 Å². The molecule has 0 amide bonds. The number of thiazole rings is 1. The van der Waals surface area contributed by atoms with Gasteiger partial charge in [-0.1, -0.05) is 0 Å². The molecule has 0 spiro atoms. The van der Waals surface area contributed by atoms with E-state index in [4.69, 9.17) is 9.15 Å². The van der Waals surface area contributed by atoms with Crippen LogP contribution in [0.5, 0.6) is 0 Å². The number of hydrogen-bond donors (Lipinski definition) is 0. The highest BCUT2D eigenvalue weighted by Gasteiger charge is 2.22. The molecule has 18 heavy (non-hydrogen) atoms. The van der Waals surface area contributed by atoms with Gasteiger partial charge >= 0.3 is 0 Å². The zero-order valence-corrected chi connectivity index (χ0v) is 10.8. The number of hydrogen-bond acceptors (Lipinski definition) is 6. The zero-order chi connectivity index (χ0) is 12.4.